The molecule has 0 saturated carbocycles. The molecule has 6 heteroatoms. The third kappa shape index (κ3) is 4.17. The smallest absolute Gasteiger partial charge is 0.319 e. The van der Waals surface area contributed by atoms with Gasteiger partial charge in [0.25, 0.3) is 0 Å². The summed E-state index contributed by atoms with van der Waals surface area (Å²) in [4.78, 5) is 17.8. The molecule has 0 aliphatic rings. The SMILES string of the molecule is CN(C)c1ccc(NC(=O)NCc2ccccc2F)cn1. The quantitative estimate of drug-likeness (QED) is 0.909. The number of halogens is 1. The van der Waals surface area contributed by atoms with Gasteiger partial charge in [0.2, 0.25) is 0 Å². The highest BCUT2D eigenvalue weighted by atomic mass is 19.1. The molecule has 0 saturated heterocycles. The number of hydrogen-bond donors (Lipinski definition) is 2. The van der Waals surface area contributed by atoms with Gasteiger partial charge in [0.05, 0.1) is 11.9 Å². The molecule has 1 heterocycles. The van der Waals surface area contributed by atoms with E-state index in [1.807, 2.05) is 19.0 Å². The Morgan fingerprint density at radius 3 is 2.62 bits per heavy atom. The number of nitrogens with zero attached hydrogens (tertiary/aromatic N) is 2. The van der Waals surface area contributed by atoms with Crippen molar-refractivity contribution in [2.24, 2.45) is 0 Å². The minimum atomic E-state index is -0.405. The second-order valence-corrected chi connectivity index (χ2v) is 4.70. The van der Waals surface area contributed by atoms with Gasteiger partial charge in [-0.15, -0.1) is 0 Å². The maximum Gasteiger partial charge on any atom is 0.319 e. The molecule has 2 N–H and O–H groups in total. The molecule has 1 aromatic heterocycles. The lowest BCUT2D eigenvalue weighted by molar-refractivity contribution is 0.251. The predicted octanol–water partition coefficient (Wildman–Crippen LogP) is 2.61. The number of aromatic nitrogens is 1. The number of rotatable bonds is 4. The van der Waals surface area contributed by atoms with Gasteiger partial charge in [0.15, 0.2) is 0 Å². The number of nitrogens with one attached hydrogen (secondary N) is 2. The van der Waals surface area contributed by atoms with Crippen LogP contribution in [0.5, 0.6) is 0 Å². The van der Waals surface area contributed by atoms with E-state index >= 15 is 0 Å². The first-order valence-electron chi connectivity index (χ1n) is 6.48. The van der Waals surface area contributed by atoms with Crippen LogP contribution in [0.1, 0.15) is 5.56 Å². The average Bonchev–Trinajstić information content (AvgIpc) is 2.47. The molecule has 0 spiro atoms. The van der Waals surface area contributed by atoms with Crippen LogP contribution in [0.2, 0.25) is 0 Å². The Morgan fingerprint density at radius 1 is 1.24 bits per heavy atom. The minimum absolute atomic E-state index is 0.127. The fourth-order valence-corrected chi connectivity index (χ4v) is 1.72. The molecule has 2 aromatic rings. The van der Waals surface area contributed by atoms with Crippen molar-refractivity contribution in [1.29, 1.82) is 0 Å². The van der Waals surface area contributed by atoms with Gasteiger partial charge in [0, 0.05) is 26.2 Å². The average molecular weight is 288 g/mol. The van der Waals surface area contributed by atoms with Gasteiger partial charge in [-0.05, 0) is 18.2 Å². The Bertz CT molecular complexity index is 613. The van der Waals surface area contributed by atoms with E-state index in [0.29, 0.717) is 11.3 Å². The van der Waals surface area contributed by atoms with Crippen molar-refractivity contribution < 1.29 is 9.18 Å². The fourth-order valence-electron chi connectivity index (χ4n) is 1.72. The summed E-state index contributed by atoms with van der Waals surface area (Å²) < 4.78 is 13.4. The summed E-state index contributed by atoms with van der Waals surface area (Å²) in [5.74, 6) is 0.460. The molecule has 110 valence electrons. The maximum absolute atomic E-state index is 13.4. The molecule has 0 radical (unpaired) electrons. The first kappa shape index (κ1) is 14.8. The highest BCUT2D eigenvalue weighted by molar-refractivity contribution is 5.89. The minimum Gasteiger partial charge on any atom is -0.363 e. The number of carbonyl (C=O) groups is 1. The number of amides is 2. The Labute approximate surface area is 122 Å². The van der Waals surface area contributed by atoms with Gasteiger partial charge in [-0.3, -0.25) is 0 Å². The molecule has 5 nitrogen and oxygen atoms in total. The van der Waals surface area contributed by atoms with E-state index in [1.54, 1.807) is 36.5 Å². The highest BCUT2D eigenvalue weighted by Crippen LogP contribution is 2.11. The van der Waals surface area contributed by atoms with Crippen LogP contribution in [0.3, 0.4) is 0 Å². The zero-order chi connectivity index (χ0) is 15.2. The molecule has 0 aliphatic carbocycles. The van der Waals surface area contributed by atoms with Crippen molar-refractivity contribution in [3.8, 4) is 0 Å². The van der Waals surface area contributed by atoms with Crippen molar-refractivity contribution in [2.75, 3.05) is 24.3 Å². The number of carbonyl (C=O) groups excluding carboxylic acids is 1. The topological polar surface area (TPSA) is 57.3 Å². The zero-order valence-corrected chi connectivity index (χ0v) is 11.9. The first-order valence-corrected chi connectivity index (χ1v) is 6.48. The Balaban J connectivity index is 1.88. The van der Waals surface area contributed by atoms with Crippen molar-refractivity contribution in [2.45, 2.75) is 6.54 Å². The molecular formula is C15H17FN4O. The lowest BCUT2D eigenvalue weighted by Gasteiger charge is -2.12. The van der Waals surface area contributed by atoms with E-state index in [-0.39, 0.29) is 12.4 Å². The monoisotopic (exact) mass is 288 g/mol. The predicted molar refractivity (Wildman–Crippen MR) is 80.8 cm³/mol. The van der Waals surface area contributed by atoms with Crippen LogP contribution in [0.4, 0.5) is 20.7 Å². The van der Waals surface area contributed by atoms with E-state index in [0.717, 1.165) is 5.82 Å². The van der Waals surface area contributed by atoms with E-state index in [2.05, 4.69) is 15.6 Å². The van der Waals surface area contributed by atoms with Crippen LogP contribution in [0, 0.1) is 5.82 Å². The van der Waals surface area contributed by atoms with Crippen LogP contribution in [0.15, 0.2) is 42.6 Å². The molecule has 0 fully saturated rings. The number of pyridine rings is 1. The van der Waals surface area contributed by atoms with Crippen molar-refractivity contribution >= 4 is 17.5 Å². The summed E-state index contributed by atoms with van der Waals surface area (Å²) >= 11 is 0. The standard InChI is InChI=1S/C15H17FN4O/c1-20(2)14-8-7-12(10-17-14)19-15(21)18-9-11-5-3-4-6-13(11)16/h3-8,10H,9H2,1-2H3,(H2,18,19,21). The summed E-state index contributed by atoms with van der Waals surface area (Å²) in [5, 5.41) is 5.24. The Kier molecular flexibility index (Phi) is 4.71. The fraction of sp³-hybridized carbons (Fsp3) is 0.200. The van der Waals surface area contributed by atoms with Gasteiger partial charge < -0.3 is 15.5 Å². The van der Waals surface area contributed by atoms with Crippen LogP contribution < -0.4 is 15.5 Å². The molecule has 2 amide bonds. The van der Waals surface area contributed by atoms with Crippen LogP contribution in [0.25, 0.3) is 0 Å². The lowest BCUT2D eigenvalue weighted by Crippen LogP contribution is -2.28. The van der Waals surface area contributed by atoms with Crippen molar-refractivity contribution in [3.05, 3.63) is 54.0 Å². The second-order valence-electron chi connectivity index (χ2n) is 4.70. The van der Waals surface area contributed by atoms with Crippen LogP contribution in [-0.4, -0.2) is 25.1 Å². The summed E-state index contributed by atoms with van der Waals surface area (Å²) in [5.41, 5.74) is 1.01. The largest absolute Gasteiger partial charge is 0.363 e. The van der Waals surface area contributed by atoms with Crippen molar-refractivity contribution in [1.82, 2.24) is 10.3 Å². The van der Waals surface area contributed by atoms with Gasteiger partial charge in [-0.25, -0.2) is 14.2 Å². The third-order valence-electron chi connectivity index (χ3n) is 2.86. The molecule has 0 atom stereocenters. The van der Waals surface area contributed by atoms with Crippen LogP contribution in [-0.2, 0) is 6.54 Å². The van der Waals surface area contributed by atoms with E-state index in [4.69, 9.17) is 0 Å². The molecule has 21 heavy (non-hydrogen) atoms. The molecule has 0 aliphatic heterocycles. The van der Waals surface area contributed by atoms with Gasteiger partial charge >= 0.3 is 6.03 Å². The highest BCUT2D eigenvalue weighted by Gasteiger charge is 2.05. The summed E-state index contributed by atoms with van der Waals surface area (Å²) in [6.07, 6.45) is 1.57. The molecule has 1 aromatic carbocycles. The summed E-state index contributed by atoms with van der Waals surface area (Å²) in [7, 11) is 3.77. The third-order valence-corrected chi connectivity index (χ3v) is 2.86. The van der Waals surface area contributed by atoms with Crippen molar-refractivity contribution in [3.63, 3.8) is 0 Å². The molecule has 0 bridgehead atoms. The van der Waals surface area contributed by atoms with Gasteiger partial charge in [-0.2, -0.15) is 0 Å². The van der Waals surface area contributed by atoms with Gasteiger partial charge in [-0.1, -0.05) is 18.2 Å². The molecular weight excluding hydrogens is 271 g/mol. The van der Waals surface area contributed by atoms with Gasteiger partial charge in [0.1, 0.15) is 11.6 Å². The van der Waals surface area contributed by atoms with E-state index in [1.165, 1.54) is 6.07 Å². The maximum atomic E-state index is 13.4. The van der Waals surface area contributed by atoms with Crippen LogP contribution >= 0.6 is 0 Å². The number of benzene rings is 1. The Hall–Kier alpha value is -2.63. The van der Waals surface area contributed by atoms with E-state index < -0.39 is 6.03 Å². The first-order chi connectivity index (χ1) is 10.1. The number of hydrogen-bond acceptors (Lipinski definition) is 3. The number of urea groups is 1. The lowest BCUT2D eigenvalue weighted by atomic mass is 10.2. The second kappa shape index (κ2) is 6.69. The molecule has 0 unspecified atom stereocenters. The van der Waals surface area contributed by atoms with E-state index in [9.17, 15) is 9.18 Å². The number of anilines is 2. The zero-order valence-electron chi connectivity index (χ0n) is 11.9. The summed E-state index contributed by atoms with van der Waals surface area (Å²) in [6.45, 7) is 0.127. The Morgan fingerprint density at radius 2 is 2.00 bits per heavy atom. The molecule has 2 rings (SSSR count). The summed E-state index contributed by atoms with van der Waals surface area (Å²) in [6, 6.07) is 9.47. The normalized spacial score (nSPS) is 10.0.